The summed E-state index contributed by atoms with van der Waals surface area (Å²) in [6, 6.07) is 0. The molecule has 0 aromatic heterocycles. The maximum Gasteiger partial charge on any atom is 0.230 e. The number of piperazine rings is 1. The van der Waals surface area contributed by atoms with E-state index in [1.165, 1.54) is 0 Å². The van der Waals surface area contributed by atoms with Gasteiger partial charge >= 0.3 is 0 Å². The zero-order chi connectivity index (χ0) is 14.8. The number of hydrogen-bond donors (Lipinski definition) is 1. The average Bonchev–Trinajstić information content (AvgIpc) is 2.26. The van der Waals surface area contributed by atoms with E-state index in [4.69, 9.17) is 5.73 Å². The van der Waals surface area contributed by atoms with Crippen LogP contribution >= 0.6 is 0 Å². The van der Waals surface area contributed by atoms with E-state index in [9.17, 15) is 4.79 Å². The minimum atomic E-state index is -0.521. The lowest BCUT2D eigenvalue weighted by molar-refractivity contribution is -0.145. The second kappa shape index (κ2) is 5.80. The molecule has 1 saturated heterocycles. The van der Waals surface area contributed by atoms with Crippen LogP contribution in [0.2, 0.25) is 0 Å². The van der Waals surface area contributed by atoms with Crippen molar-refractivity contribution in [1.82, 2.24) is 9.80 Å². The van der Waals surface area contributed by atoms with Crippen molar-refractivity contribution in [2.24, 2.45) is 17.1 Å². The van der Waals surface area contributed by atoms with Gasteiger partial charge < -0.3 is 10.6 Å². The topological polar surface area (TPSA) is 49.6 Å². The van der Waals surface area contributed by atoms with Gasteiger partial charge in [0.05, 0.1) is 5.41 Å². The molecule has 0 spiro atoms. The van der Waals surface area contributed by atoms with Gasteiger partial charge in [-0.05, 0) is 33.6 Å². The Morgan fingerprint density at radius 1 is 1.11 bits per heavy atom. The van der Waals surface area contributed by atoms with Crippen LogP contribution in [0.4, 0.5) is 0 Å². The van der Waals surface area contributed by atoms with Crippen molar-refractivity contribution in [3.8, 4) is 0 Å². The van der Waals surface area contributed by atoms with Crippen LogP contribution in [0, 0.1) is 11.3 Å². The third-order valence-corrected chi connectivity index (χ3v) is 4.43. The molecule has 2 N–H and O–H groups in total. The lowest BCUT2D eigenvalue weighted by Gasteiger charge is -2.43. The zero-order valence-corrected chi connectivity index (χ0v) is 13.5. The molecule has 1 rings (SSSR count). The van der Waals surface area contributed by atoms with Crippen LogP contribution < -0.4 is 5.73 Å². The van der Waals surface area contributed by atoms with Crippen molar-refractivity contribution < 1.29 is 4.79 Å². The molecule has 1 amide bonds. The predicted octanol–water partition coefficient (Wildman–Crippen LogP) is 1.55. The third kappa shape index (κ3) is 3.93. The quantitative estimate of drug-likeness (QED) is 0.842. The normalized spacial score (nSPS) is 19.1. The molecule has 112 valence electrons. The summed E-state index contributed by atoms with van der Waals surface area (Å²) in [6.07, 6.45) is 0. The highest BCUT2D eigenvalue weighted by Gasteiger charge is 2.43. The van der Waals surface area contributed by atoms with Crippen molar-refractivity contribution in [3.63, 3.8) is 0 Å². The Morgan fingerprint density at radius 2 is 1.58 bits per heavy atom. The number of carbonyl (C=O) groups is 1. The van der Waals surface area contributed by atoms with Crippen molar-refractivity contribution >= 4 is 5.91 Å². The number of amides is 1. The SMILES string of the molecule is CC(C)CN1CCN(C(=O)C(C)(C)C(C)(C)N)CC1. The minimum Gasteiger partial charge on any atom is -0.340 e. The van der Waals surface area contributed by atoms with Gasteiger partial charge in [-0.25, -0.2) is 0 Å². The van der Waals surface area contributed by atoms with Crippen molar-refractivity contribution in [1.29, 1.82) is 0 Å². The molecule has 1 fully saturated rings. The number of nitrogens with two attached hydrogens (primary N) is 1. The molecule has 0 aromatic carbocycles. The smallest absolute Gasteiger partial charge is 0.230 e. The summed E-state index contributed by atoms with van der Waals surface area (Å²) in [6.45, 7) is 17.0. The van der Waals surface area contributed by atoms with Crippen LogP contribution in [0.3, 0.4) is 0 Å². The monoisotopic (exact) mass is 269 g/mol. The van der Waals surface area contributed by atoms with E-state index in [0.29, 0.717) is 5.92 Å². The molecule has 0 aromatic rings. The number of carbonyl (C=O) groups excluding carboxylic acids is 1. The lowest BCUT2D eigenvalue weighted by atomic mass is 9.74. The van der Waals surface area contributed by atoms with Crippen LogP contribution in [0.1, 0.15) is 41.5 Å². The Kier molecular flexibility index (Phi) is 5.02. The van der Waals surface area contributed by atoms with Crippen LogP contribution in [0.15, 0.2) is 0 Å². The molecule has 1 aliphatic heterocycles. The van der Waals surface area contributed by atoms with Crippen LogP contribution in [0.5, 0.6) is 0 Å². The lowest BCUT2D eigenvalue weighted by Crippen LogP contribution is -2.59. The summed E-state index contributed by atoms with van der Waals surface area (Å²) >= 11 is 0. The Hall–Kier alpha value is -0.610. The standard InChI is InChI=1S/C15H31N3O/c1-12(2)11-17-7-9-18(10-8-17)13(19)14(3,4)15(5,6)16/h12H,7-11,16H2,1-6H3. The highest BCUT2D eigenvalue weighted by atomic mass is 16.2. The van der Waals surface area contributed by atoms with Gasteiger partial charge in [0.25, 0.3) is 0 Å². The molecule has 1 heterocycles. The minimum absolute atomic E-state index is 0.184. The molecular formula is C15H31N3O. The van der Waals surface area contributed by atoms with Gasteiger partial charge in [-0.1, -0.05) is 13.8 Å². The second-order valence-corrected chi connectivity index (χ2v) is 7.33. The molecule has 19 heavy (non-hydrogen) atoms. The molecule has 0 bridgehead atoms. The first kappa shape index (κ1) is 16.4. The Balaban J connectivity index is 2.59. The molecule has 0 saturated carbocycles. The molecule has 0 unspecified atom stereocenters. The summed E-state index contributed by atoms with van der Waals surface area (Å²) in [5.41, 5.74) is 5.13. The molecular weight excluding hydrogens is 238 g/mol. The van der Waals surface area contributed by atoms with Gasteiger partial charge in [-0.15, -0.1) is 0 Å². The number of hydrogen-bond acceptors (Lipinski definition) is 3. The van der Waals surface area contributed by atoms with E-state index < -0.39 is 11.0 Å². The maximum atomic E-state index is 12.6. The first-order valence-electron chi connectivity index (χ1n) is 7.36. The summed E-state index contributed by atoms with van der Waals surface area (Å²) < 4.78 is 0. The molecule has 4 nitrogen and oxygen atoms in total. The molecule has 4 heteroatoms. The molecule has 1 aliphatic rings. The van der Waals surface area contributed by atoms with Crippen molar-refractivity contribution in [2.75, 3.05) is 32.7 Å². The molecule has 0 radical (unpaired) electrons. The zero-order valence-electron chi connectivity index (χ0n) is 13.5. The first-order chi connectivity index (χ1) is 8.55. The summed E-state index contributed by atoms with van der Waals surface area (Å²) in [5.74, 6) is 0.867. The van der Waals surface area contributed by atoms with E-state index >= 15 is 0 Å². The summed E-state index contributed by atoms with van der Waals surface area (Å²) in [4.78, 5) is 17.0. The van der Waals surface area contributed by atoms with E-state index in [2.05, 4.69) is 18.7 Å². The third-order valence-electron chi connectivity index (χ3n) is 4.43. The number of rotatable bonds is 4. The highest BCUT2D eigenvalue weighted by molar-refractivity contribution is 5.83. The predicted molar refractivity (Wildman–Crippen MR) is 79.9 cm³/mol. The Bertz CT molecular complexity index is 310. The fourth-order valence-corrected chi connectivity index (χ4v) is 2.32. The van der Waals surface area contributed by atoms with E-state index in [0.717, 1.165) is 32.7 Å². The molecule has 0 aliphatic carbocycles. The van der Waals surface area contributed by atoms with Gasteiger partial charge in [0, 0.05) is 38.3 Å². The van der Waals surface area contributed by atoms with Gasteiger partial charge in [-0.2, -0.15) is 0 Å². The van der Waals surface area contributed by atoms with E-state index in [1.807, 2.05) is 32.6 Å². The first-order valence-corrected chi connectivity index (χ1v) is 7.36. The summed E-state index contributed by atoms with van der Waals surface area (Å²) in [5, 5.41) is 0. The fraction of sp³-hybridized carbons (Fsp3) is 0.933. The molecule has 0 atom stereocenters. The summed E-state index contributed by atoms with van der Waals surface area (Å²) in [7, 11) is 0. The maximum absolute atomic E-state index is 12.6. The average molecular weight is 269 g/mol. The van der Waals surface area contributed by atoms with Crippen LogP contribution in [-0.2, 0) is 4.79 Å². The fourth-order valence-electron chi connectivity index (χ4n) is 2.32. The Morgan fingerprint density at radius 3 is 1.95 bits per heavy atom. The van der Waals surface area contributed by atoms with Gasteiger partial charge in [0.15, 0.2) is 0 Å². The van der Waals surface area contributed by atoms with Crippen LogP contribution in [-0.4, -0.2) is 54.0 Å². The highest BCUT2D eigenvalue weighted by Crippen LogP contribution is 2.31. The van der Waals surface area contributed by atoms with Crippen molar-refractivity contribution in [3.05, 3.63) is 0 Å². The van der Waals surface area contributed by atoms with Gasteiger partial charge in [0.1, 0.15) is 0 Å². The van der Waals surface area contributed by atoms with E-state index in [-0.39, 0.29) is 5.91 Å². The van der Waals surface area contributed by atoms with Crippen molar-refractivity contribution in [2.45, 2.75) is 47.1 Å². The van der Waals surface area contributed by atoms with E-state index in [1.54, 1.807) is 0 Å². The second-order valence-electron chi connectivity index (χ2n) is 7.33. The number of nitrogens with zero attached hydrogens (tertiary/aromatic N) is 2. The van der Waals surface area contributed by atoms with Gasteiger partial charge in [0.2, 0.25) is 5.91 Å². The Labute approximate surface area is 118 Å². The largest absolute Gasteiger partial charge is 0.340 e. The van der Waals surface area contributed by atoms with Gasteiger partial charge in [-0.3, -0.25) is 9.69 Å². The van der Waals surface area contributed by atoms with Crippen LogP contribution in [0.25, 0.3) is 0 Å².